The van der Waals surface area contributed by atoms with E-state index in [2.05, 4.69) is 0 Å². The largest absolute Gasteiger partial charge is 0.309 e. The minimum atomic E-state index is -1.11. The van der Waals surface area contributed by atoms with E-state index in [1.165, 1.54) is 0 Å². The Kier molecular flexibility index (Phi) is 3.33. The van der Waals surface area contributed by atoms with Gasteiger partial charge in [0, 0.05) is 38.0 Å². The third-order valence-corrected chi connectivity index (χ3v) is 10.4. The molecular weight excluding hydrogens is 763 g/mol. The molecule has 0 aliphatic rings. The first kappa shape index (κ1) is 14.9. The van der Waals surface area contributed by atoms with Gasteiger partial charge in [-0.25, -0.2) is 0 Å². The van der Waals surface area contributed by atoms with Gasteiger partial charge in [-0.1, -0.05) is 163 Å². The second-order valence-corrected chi connectivity index (χ2v) is 13.8. The molecular formula is C60H39N3. The zero-order valence-corrected chi connectivity index (χ0v) is 31.6. The number of para-hydroxylation sites is 3. The second-order valence-electron chi connectivity index (χ2n) is 13.8. The fourth-order valence-electron chi connectivity index (χ4n) is 7.79. The molecule has 13 rings (SSSR count). The number of hydrogen-bond acceptors (Lipinski definition) is 0. The van der Waals surface area contributed by atoms with Crippen LogP contribution in [0, 0.1) is 0 Å². The highest BCUT2D eigenvalue weighted by atomic mass is 15.1. The van der Waals surface area contributed by atoms with Crippen molar-refractivity contribution >= 4 is 65.4 Å². The summed E-state index contributed by atoms with van der Waals surface area (Å²) in [5.74, 6) is 0. The van der Waals surface area contributed by atoms with Crippen molar-refractivity contribution < 1.29 is 49.3 Å². The lowest BCUT2D eigenvalue weighted by Crippen LogP contribution is -2.04. The van der Waals surface area contributed by atoms with Gasteiger partial charge in [-0.3, -0.25) is 0 Å². The van der Waals surface area contributed by atoms with Crippen LogP contribution >= 0.6 is 0 Å². The Bertz CT molecular complexity index is 5750. The van der Waals surface area contributed by atoms with Gasteiger partial charge in [-0.05, 0) is 106 Å². The van der Waals surface area contributed by atoms with Crippen molar-refractivity contribution in [2.24, 2.45) is 0 Å². The maximum Gasteiger partial charge on any atom is 0.0709 e. The summed E-state index contributed by atoms with van der Waals surface area (Å²) >= 11 is 0. The summed E-state index contributed by atoms with van der Waals surface area (Å²) in [6, 6.07) is -31.4. The quantitative estimate of drug-likeness (QED) is 0.158. The van der Waals surface area contributed by atoms with E-state index >= 15 is 0 Å². The molecule has 0 spiro atoms. The number of fused-ring (bicyclic) bond motifs is 9. The molecule has 0 N–H and O–H groups in total. The van der Waals surface area contributed by atoms with Crippen molar-refractivity contribution in [3.05, 3.63) is 236 Å². The summed E-state index contributed by atoms with van der Waals surface area (Å²) in [5, 5.41) is -3.89. The molecule has 10 aromatic carbocycles. The van der Waals surface area contributed by atoms with Crippen molar-refractivity contribution in [2.75, 3.05) is 0 Å². The Hall–Kier alpha value is -8.40. The molecule has 3 heterocycles. The topological polar surface area (TPSA) is 14.8 Å². The predicted molar refractivity (Wildman–Crippen MR) is 266 cm³/mol. The van der Waals surface area contributed by atoms with Crippen molar-refractivity contribution in [2.45, 2.75) is 0 Å². The first-order valence-corrected chi connectivity index (χ1v) is 18.8. The van der Waals surface area contributed by atoms with E-state index in [-0.39, 0.29) is 5.56 Å². The summed E-state index contributed by atoms with van der Waals surface area (Å²) in [5.41, 5.74) is -10.6. The molecule has 0 radical (unpaired) electrons. The molecule has 0 fully saturated rings. The van der Waals surface area contributed by atoms with Crippen LogP contribution in [-0.4, -0.2) is 13.7 Å². The van der Waals surface area contributed by atoms with Crippen molar-refractivity contribution in [3.63, 3.8) is 0 Å². The average Bonchev–Trinajstić information content (AvgIpc) is 1.54. The first-order chi connectivity index (χ1) is 46.3. The lowest BCUT2D eigenvalue weighted by Gasteiger charge is -2.19. The molecule has 13 aromatic rings. The van der Waals surface area contributed by atoms with Crippen LogP contribution < -0.4 is 0 Å². The van der Waals surface area contributed by atoms with Gasteiger partial charge in [0.2, 0.25) is 0 Å². The molecule has 294 valence electrons. The van der Waals surface area contributed by atoms with Gasteiger partial charge in [0.05, 0.1) is 93.8 Å². The highest BCUT2D eigenvalue weighted by Crippen LogP contribution is 2.43. The standard InChI is InChI=1S/C60H39N3/c1-4-16-40(17-5-1)43-28-32-56-50(36-43)51-37-44(41-18-6-2-7-19-41)29-33-57(51)62(56)59-34-30-45(42-20-8-3-9-21-42)38-60(59)63-55-27-15-12-24-49(55)52-39-46(31-35-58(52)63)61-53-25-13-10-22-47(53)48-23-11-14-26-54(48)61/h1-39H/i1D,2D,3D,4D,5D,6D,7D,8D,9D,10D,11D,12D,13D,14D,15D,16D,17D,18D,19D,20D,21D,22D,23D,24D,25D,26D,27D,28D,29D,31D,32D,33D,35D,36D,37D,39D. The molecule has 3 heteroatoms. The van der Waals surface area contributed by atoms with E-state index in [9.17, 15) is 19.2 Å². The summed E-state index contributed by atoms with van der Waals surface area (Å²) in [6.45, 7) is 0. The number of rotatable bonds is 6. The Balaban J connectivity index is 1.32. The van der Waals surface area contributed by atoms with Crippen LogP contribution in [-0.2, 0) is 0 Å². The van der Waals surface area contributed by atoms with Gasteiger partial charge in [0.25, 0.3) is 0 Å². The summed E-state index contributed by atoms with van der Waals surface area (Å²) in [6.07, 6.45) is 0. The fourth-order valence-corrected chi connectivity index (χ4v) is 7.79. The zero-order chi connectivity index (χ0) is 72.8. The van der Waals surface area contributed by atoms with Gasteiger partial charge in [-0.2, -0.15) is 0 Å². The van der Waals surface area contributed by atoms with Crippen LogP contribution in [0.2, 0.25) is 0 Å². The second kappa shape index (κ2) is 14.1. The normalized spacial score (nSPS) is 19.8. The SMILES string of the molecule is [2H]c1c([2H])c([2H])c(-c2ccc(-n3c4c([2H])c([2H])c(-c5c([2H])c([2H])c([2H])c([2H])c5[2H])c([2H])c4c4c([2H])c(-c5c([2H])c([2H])c([2H])c([2H])c5[2H])c([2H])c([2H])c43)c(-n3c4c([2H])c([2H])c([2H])c([2H])c4c4c([2H])c(-n5c6c([2H])c([2H])c([2H])c([2H])c6c6c([2H])c([2H])c([2H])c([2H])c65)c([2H])c([2H])c43)c2)c([2H])c1[2H]. The number of nitrogens with zero attached hydrogens (tertiary/aromatic N) is 3. The number of benzene rings is 10. The molecule has 0 saturated carbocycles. The maximum atomic E-state index is 10.3. The van der Waals surface area contributed by atoms with Gasteiger partial charge in [0.1, 0.15) is 0 Å². The molecule has 3 nitrogen and oxygen atoms in total. The Labute approximate surface area is 415 Å². The molecule has 0 aliphatic carbocycles. The van der Waals surface area contributed by atoms with E-state index in [1.807, 2.05) is 0 Å². The lowest BCUT2D eigenvalue weighted by molar-refractivity contribution is 1.09. The van der Waals surface area contributed by atoms with Gasteiger partial charge in [0.15, 0.2) is 0 Å². The van der Waals surface area contributed by atoms with Crippen LogP contribution in [0.4, 0.5) is 0 Å². The highest BCUT2D eigenvalue weighted by molar-refractivity contribution is 6.14. The molecule has 0 amide bonds. The van der Waals surface area contributed by atoms with E-state index in [4.69, 9.17) is 30.2 Å². The molecule has 0 aliphatic heterocycles. The van der Waals surface area contributed by atoms with E-state index < -0.39 is 328 Å². The Morgan fingerprint density at radius 2 is 0.635 bits per heavy atom. The third-order valence-electron chi connectivity index (χ3n) is 10.4. The summed E-state index contributed by atoms with van der Waals surface area (Å²) in [7, 11) is 0. The summed E-state index contributed by atoms with van der Waals surface area (Å²) in [4.78, 5) is 0. The number of aromatic nitrogens is 3. The third kappa shape index (κ3) is 5.53. The maximum absolute atomic E-state index is 10.3. The van der Waals surface area contributed by atoms with Crippen molar-refractivity contribution in [3.8, 4) is 50.4 Å². The molecule has 0 saturated heterocycles. The van der Waals surface area contributed by atoms with Crippen LogP contribution in [0.1, 0.15) is 49.3 Å². The molecule has 3 aromatic heterocycles. The monoisotopic (exact) mass is 838 g/mol. The first-order valence-electron chi connectivity index (χ1n) is 36.8. The Morgan fingerprint density at radius 1 is 0.254 bits per heavy atom. The fraction of sp³-hybridized carbons (Fsp3) is 0. The van der Waals surface area contributed by atoms with Gasteiger partial charge >= 0.3 is 0 Å². The van der Waals surface area contributed by atoms with E-state index in [1.54, 1.807) is 0 Å². The highest BCUT2D eigenvalue weighted by Gasteiger charge is 2.22. The minimum absolute atomic E-state index is 0.370. The van der Waals surface area contributed by atoms with Crippen LogP contribution in [0.5, 0.6) is 0 Å². The van der Waals surface area contributed by atoms with E-state index in [0.29, 0.717) is 0 Å². The molecule has 0 unspecified atom stereocenters. The predicted octanol–water partition coefficient (Wildman–Crippen LogP) is 16.0. The van der Waals surface area contributed by atoms with Gasteiger partial charge in [-0.15, -0.1) is 0 Å². The molecule has 63 heavy (non-hydrogen) atoms. The summed E-state index contributed by atoms with van der Waals surface area (Å²) < 4.78 is 333. The molecule has 0 bridgehead atoms. The number of hydrogen-bond donors (Lipinski definition) is 0. The van der Waals surface area contributed by atoms with Crippen LogP contribution in [0.25, 0.3) is 116 Å². The van der Waals surface area contributed by atoms with Crippen LogP contribution in [0.15, 0.2) is 236 Å². The van der Waals surface area contributed by atoms with Gasteiger partial charge < -0.3 is 13.7 Å². The Morgan fingerprint density at radius 3 is 1.16 bits per heavy atom. The van der Waals surface area contributed by atoms with Crippen molar-refractivity contribution in [1.29, 1.82) is 0 Å². The minimum Gasteiger partial charge on any atom is -0.309 e. The molecule has 0 atom stereocenters. The zero-order valence-electron chi connectivity index (χ0n) is 67.6. The van der Waals surface area contributed by atoms with Crippen LogP contribution in [0.3, 0.4) is 0 Å². The lowest BCUT2D eigenvalue weighted by atomic mass is 10.0. The average molecular weight is 838 g/mol. The van der Waals surface area contributed by atoms with Crippen molar-refractivity contribution in [1.82, 2.24) is 13.7 Å². The smallest absolute Gasteiger partial charge is 0.0709 e. The van der Waals surface area contributed by atoms with E-state index in [0.717, 1.165) is 31.9 Å².